The highest BCUT2D eigenvalue weighted by Gasteiger charge is 2.39. The molecule has 0 saturated carbocycles. The summed E-state index contributed by atoms with van der Waals surface area (Å²) in [6.07, 6.45) is 1.09. The normalized spacial score (nSPS) is 17.8. The number of rotatable bonds is 5. The van der Waals surface area contributed by atoms with Crippen LogP contribution in [0.1, 0.15) is 12.8 Å². The number of para-hydroxylation sites is 2. The minimum atomic E-state index is -3.78. The third kappa shape index (κ3) is 3.70. The van der Waals surface area contributed by atoms with E-state index in [4.69, 9.17) is 16.3 Å². The van der Waals surface area contributed by atoms with Crippen LogP contribution in [-0.4, -0.2) is 38.3 Å². The topological polar surface area (TPSA) is 75.7 Å². The van der Waals surface area contributed by atoms with E-state index in [-0.39, 0.29) is 10.8 Å². The van der Waals surface area contributed by atoms with Crippen LogP contribution in [0.2, 0.25) is 5.02 Å². The average Bonchev–Trinajstić information content (AvgIpc) is 3.13. The average molecular weight is 395 g/mol. The van der Waals surface area contributed by atoms with Crippen LogP contribution >= 0.6 is 11.6 Å². The molecule has 6 nitrogen and oxygen atoms in total. The predicted octanol–water partition coefficient (Wildman–Crippen LogP) is 3.14. The maximum atomic E-state index is 12.9. The van der Waals surface area contributed by atoms with Crippen LogP contribution in [0.25, 0.3) is 0 Å². The summed E-state index contributed by atoms with van der Waals surface area (Å²) < 4.78 is 32.3. The van der Waals surface area contributed by atoms with Gasteiger partial charge in [0.15, 0.2) is 0 Å². The Morgan fingerprint density at radius 3 is 2.58 bits per heavy atom. The number of ether oxygens (including phenoxy) is 1. The zero-order valence-corrected chi connectivity index (χ0v) is 15.8. The number of nitrogens with zero attached hydrogens (tertiary/aromatic N) is 1. The van der Waals surface area contributed by atoms with E-state index in [2.05, 4.69) is 5.32 Å². The standard InChI is InChI=1S/C18H19ClN2O4S/c1-25-17-7-3-2-5-15(17)20-18(22)16-6-4-12-21(16)26(23,24)14-10-8-13(19)9-11-14/h2-3,5,7-11,16H,4,6,12H2,1H3,(H,20,22)/t16-/m1/s1. The Labute approximate surface area is 157 Å². The van der Waals surface area contributed by atoms with E-state index < -0.39 is 16.1 Å². The molecule has 0 aliphatic carbocycles. The molecule has 0 unspecified atom stereocenters. The first-order chi connectivity index (χ1) is 12.4. The molecule has 2 aromatic rings. The molecule has 3 rings (SSSR count). The number of carbonyl (C=O) groups is 1. The van der Waals surface area contributed by atoms with Crippen molar-refractivity contribution in [3.05, 3.63) is 53.6 Å². The second kappa shape index (κ2) is 7.65. The monoisotopic (exact) mass is 394 g/mol. The lowest BCUT2D eigenvalue weighted by Crippen LogP contribution is -2.43. The zero-order valence-electron chi connectivity index (χ0n) is 14.2. The molecule has 1 aliphatic heterocycles. The van der Waals surface area contributed by atoms with Gasteiger partial charge < -0.3 is 10.1 Å². The number of carbonyl (C=O) groups excluding carboxylic acids is 1. The molecular weight excluding hydrogens is 376 g/mol. The van der Waals surface area contributed by atoms with Crippen LogP contribution in [-0.2, 0) is 14.8 Å². The zero-order chi connectivity index (χ0) is 18.7. The Kier molecular flexibility index (Phi) is 5.50. The minimum absolute atomic E-state index is 0.124. The number of hydrogen-bond donors (Lipinski definition) is 1. The van der Waals surface area contributed by atoms with E-state index in [0.717, 1.165) is 0 Å². The first-order valence-electron chi connectivity index (χ1n) is 8.15. The van der Waals surface area contributed by atoms with Crippen molar-refractivity contribution in [2.45, 2.75) is 23.8 Å². The lowest BCUT2D eigenvalue weighted by molar-refractivity contribution is -0.119. The molecule has 1 aliphatic rings. The number of methoxy groups -OCH3 is 1. The third-order valence-electron chi connectivity index (χ3n) is 4.29. The lowest BCUT2D eigenvalue weighted by Gasteiger charge is -2.23. The molecule has 138 valence electrons. The summed E-state index contributed by atoms with van der Waals surface area (Å²) in [5, 5.41) is 3.23. The molecule has 0 aromatic heterocycles. The number of amides is 1. The van der Waals surface area contributed by atoms with Crippen molar-refractivity contribution in [3.63, 3.8) is 0 Å². The fourth-order valence-corrected chi connectivity index (χ4v) is 4.78. The van der Waals surface area contributed by atoms with Gasteiger partial charge in [-0.05, 0) is 49.2 Å². The van der Waals surface area contributed by atoms with Crippen LogP contribution in [0.15, 0.2) is 53.4 Å². The molecule has 2 aromatic carbocycles. The van der Waals surface area contributed by atoms with Crippen molar-refractivity contribution in [2.75, 3.05) is 19.0 Å². The Balaban J connectivity index is 1.83. The Hall–Kier alpha value is -2.09. The number of hydrogen-bond acceptors (Lipinski definition) is 4. The third-order valence-corrected chi connectivity index (χ3v) is 6.47. The maximum Gasteiger partial charge on any atom is 0.243 e. The van der Waals surface area contributed by atoms with Gasteiger partial charge in [0.1, 0.15) is 11.8 Å². The van der Waals surface area contributed by atoms with Crippen molar-refractivity contribution in [3.8, 4) is 5.75 Å². The molecule has 1 heterocycles. The Morgan fingerprint density at radius 1 is 1.19 bits per heavy atom. The van der Waals surface area contributed by atoms with Crippen molar-refractivity contribution in [2.24, 2.45) is 0 Å². The molecule has 1 amide bonds. The number of halogens is 1. The predicted molar refractivity (Wildman–Crippen MR) is 100.0 cm³/mol. The van der Waals surface area contributed by atoms with Crippen molar-refractivity contribution >= 4 is 33.2 Å². The van der Waals surface area contributed by atoms with E-state index in [0.29, 0.717) is 35.8 Å². The highest BCUT2D eigenvalue weighted by atomic mass is 35.5. The molecule has 1 N–H and O–H groups in total. The first-order valence-corrected chi connectivity index (χ1v) is 9.96. The first kappa shape index (κ1) is 18.7. The summed E-state index contributed by atoms with van der Waals surface area (Å²) in [6.45, 7) is 0.301. The van der Waals surface area contributed by atoms with Gasteiger partial charge in [-0.1, -0.05) is 23.7 Å². The van der Waals surface area contributed by atoms with Gasteiger partial charge in [-0.15, -0.1) is 0 Å². The fourth-order valence-electron chi connectivity index (χ4n) is 3.00. The van der Waals surface area contributed by atoms with Crippen molar-refractivity contribution < 1.29 is 17.9 Å². The summed E-state index contributed by atoms with van der Waals surface area (Å²) in [4.78, 5) is 12.9. The summed E-state index contributed by atoms with van der Waals surface area (Å²) in [6, 6.07) is 12.2. The number of benzene rings is 2. The van der Waals surface area contributed by atoms with Gasteiger partial charge in [0.2, 0.25) is 15.9 Å². The van der Waals surface area contributed by atoms with Gasteiger partial charge in [0, 0.05) is 11.6 Å². The highest BCUT2D eigenvalue weighted by Crippen LogP contribution is 2.29. The Bertz CT molecular complexity index is 900. The molecular formula is C18H19ClN2O4S. The highest BCUT2D eigenvalue weighted by molar-refractivity contribution is 7.89. The molecule has 0 bridgehead atoms. The largest absolute Gasteiger partial charge is 0.495 e. The number of nitrogens with one attached hydrogen (secondary N) is 1. The van der Waals surface area contributed by atoms with Crippen molar-refractivity contribution in [1.29, 1.82) is 0 Å². The molecule has 1 saturated heterocycles. The van der Waals surface area contributed by atoms with Gasteiger partial charge >= 0.3 is 0 Å². The SMILES string of the molecule is COc1ccccc1NC(=O)[C@H]1CCCN1S(=O)(=O)c1ccc(Cl)cc1. The minimum Gasteiger partial charge on any atom is -0.495 e. The number of anilines is 1. The van der Waals surface area contributed by atoms with Crippen molar-refractivity contribution in [1.82, 2.24) is 4.31 Å². The molecule has 26 heavy (non-hydrogen) atoms. The van der Waals surface area contributed by atoms with E-state index in [1.165, 1.54) is 35.7 Å². The quantitative estimate of drug-likeness (QED) is 0.845. The molecule has 1 fully saturated rings. The summed E-state index contributed by atoms with van der Waals surface area (Å²) in [5.74, 6) is 0.149. The van der Waals surface area contributed by atoms with Crippen LogP contribution in [0.3, 0.4) is 0 Å². The number of sulfonamides is 1. The van der Waals surface area contributed by atoms with E-state index in [1.54, 1.807) is 24.3 Å². The van der Waals surface area contributed by atoms with Gasteiger partial charge in [0.25, 0.3) is 0 Å². The van der Waals surface area contributed by atoms with Gasteiger partial charge in [-0.3, -0.25) is 4.79 Å². The Morgan fingerprint density at radius 2 is 1.88 bits per heavy atom. The molecule has 8 heteroatoms. The fraction of sp³-hybridized carbons (Fsp3) is 0.278. The van der Waals surface area contributed by atoms with E-state index in [9.17, 15) is 13.2 Å². The van der Waals surface area contributed by atoms with E-state index in [1.807, 2.05) is 0 Å². The lowest BCUT2D eigenvalue weighted by atomic mass is 10.2. The van der Waals surface area contributed by atoms with Gasteiger partial charge in [-0.2, -0.15) is 4.31 Å². The second-order valence-electron chi connectivity index (χ2n) is 5.92. The summed E-state index contributed by atoms with van der Waals surface area (Å²) >= 11 is 5.83. The van der Waals surface area contributed by atoms with Gasteiger partial charge in [-0.25, -0.2) is 8.42 Å². The second-order valence-corrected chi connectivity index (χ2v) is 8.24. The summed E-state index contributed by atoms with van der Waals surface area (Å²) in [7, 11) is -2.26. The van der Waals surface area contributed by atoms with Crippen LogP contribution < -0.4 is 10.1 Å². The van der Waals surface area contributed by atoms with E-state index >= 15 is 0 Å². The summed E-state index contributed by atoms with van der Waals surface area (Å²) in [5.41, 5.74) is 0.510. The maximum absolute atomic E-state index is 12.9. The smallest absolute Gasteiger partial charge is 0.243 e. The molecule has 1 atom stereocenters. The molecule has 0 spiro atoms. The van der Waals surface area contributed by atoms with Crippen LogP contribution in [0.4, 0.5) is 5.69 Å². The van der Waals surface area contributed by atoms with Crippen LogP contribution in [0, 0.1) is 0 Å². The van der Waals surface area contributed by atoms with Crippen LogP contribution in [0.5, 0.6) is 5.75 Å². The molecule has 0 radical (unpaired) electrons. The van der Waals surface area contributed by atoms with Gasteiger partial charge in [0.05, 0.1) is 17.7 Å².